The summed E-state index contributed by atoms with van der Waals surface area (Å²) in [5, 5.41) is 3.04. The lowest BCUT2D eigenvalue weighted by molar-refractivity contribution is 0.291. The van der Waals surface area contributed by atoms with E-state index < -0.39 is 0 Å². The minimum Gasteiger partial charge on any atom is -0.362 e. The van der Waals surface area contributed by atoms with Crippen LogP contribution in [0, 0.1) is 6.20 Å². The lowest BCUT2D eigenvalue weighted by atomic mass is 10.4. The Hall–Kier alpha value is -0.830. The van der Waals surface area contributed by atoms with E-state index in [4.69, 9.17) is 0 Å². The molecule has 1 heterocycles. The summed E-state index contributed by atoms with van der Waals surface area (Å²) >= 11 is 0. The van der Waals surface area contributed by atoms with Gasteiger partial charge in [-0.25, -0.2) is 0 Å². The Kier molecular flexibility index (Phi) is 2.45. The van der Waals surface area contributed by atoms with Crippen molar-refractivity contribution in [2.24, 2.45) is 4.99 Å². The molecular formula is C7H12N3. The summed E-state index contributed by atoms with van der Waals surface area (Å²) in [4.78, 5) is 6.10. The second-order valence-corrected chi connectivity index (χ2v) is 2.23. The summed E-state index contributed by atoms with van der Waals surface area (Å²) in [7, 11) is 2.04. The van der Waals surface area contributed by atoms with Gasteiger partial charge in [-0.2, -0.15) is 0 Å². The molecule has 0 saturated heterocycles. The van der Waals surface area contributed by atoms with E-state index in [-0.39, 0.29) is 6.17 Å². The van der Waals surface area contributed by atoms with Gasteiger partial charge in [-0.3, -0.25) is 9.89 Å². The molecule has 3 heteroatoms. The first-order valence-corrected chi connectivity index (χ1v) is 3.41. The molecule has 3 nitrogen and oxygen atoms in total. The van der Waals surface area contributed by atoms with Crippen LogP contribution in [0.2, 0.25) is 0 Å². The molecule has 1 N–H and O–H groups in total. The average Bonchev–Trinajstić information content (AvgIpc) is 2.05. The number of nitrogens with zero attached hydrogens (tertiary/aromatic N) is 2. The monoisotopic (exact) mass is 138 g/mol. The highest BCUT2D eigenvalue weighted by Gasteiger charge is 2.08. The first-order chi connectivity index (χ1) is 4.84. The van der Waals surface area contributed by atoms with E-state index in [0.717, 1.165) is 6.54 Å². The Morgan fingerprint density at radius 2 is 2.60 bits per heavy atom. The van der Waals surface area contributed by atoms with Gasteiger partial charge in [0, 0.05) is 6.21 Å². The molecule has 0 aliphatic carbocycles. The van der Waals surface area contributed by atoms with Crippen LogP contribution < -0.4 is 5.32 Å². The van der Waals surface area contributed by atoms with Crippen LogP contribution in [0.4, 0.5) is 0 Å². The zero-order chi connectivity index (χ0) is 7.40. The normalized spacial score (nSPS) is 23.3. The van der Waals surface area contributed by atoms with Crippen molar-refractivity contribution in [3.63, 3.8) is 0 Å². The minimum absolute atomic E-state index is 0.218. The largest absolute Gasteiger partial charge is 0.362 e. The van der Waals surface area contributed by atoms with Gasteiger partial charge in [0.1, 0.15) is 6.17 Å². The van der Waals surface area contributed by atoms with E-state index >= 15 is 0 Å². The molecule has 55 valence electrons. The van der Waals surface area contributed by atoms with Crippen molar-refractivity contribution in [2.45, 2.75) is 13.1 Å². The molecule has 1 aliphatic heterocycles. The Morgan fingerprint density at radius 1 is 1.80 bits per heavy atom. The second kappa shape index (κ2) is 3.37. The first-order valence-electron chi connectivity index (χ1n) is 3.41. The van der Waals surface area contributed by atoms with Crippen LogP contribution in [0.5, 0.6) is 0 Å². The average molecular weight is 138 g/mol. The fourth-order valence-corrected chi connectivity index (χ4v) is 0.742. The number of nitrogens with one attached hydrogen (secondary N) is 1. The van der Waals surface area contributed by atoms with Crippen LogP contribution >= 0.6 is 0 Å². The molecule has 0 aromatic heterocycles. The van der Waals surface area contributed by atoms with Crippen LogP contribution in [0.15, 0.2) is 11.2 Å². The van der Waals surface area contributed by atoms with Crippen molar-refractivity contribution in [1.82, 2.24) is 10.2 Å². The Balaban J connectivity index is 2.42. The van der Waals surface area contributed by atoms with Gasteiger partial charge in [-0.15, -0.1) is 0 Å². The lowest BCUT2D eigenvalue weighted by Gasteiger charge is -2.24. The van der Waals surface area contributed by atoms with Crippen molar-refractivity contribution >= 4 is 6.21 Å². The van der Waals surface area contributed by atoms with Gasteiger partial charge in [-0.1, -0.05) is 6.92 Å². The maximum absolute atomic E-state index is 3.96. The molecule has 1 aliphatic rings. The van der Waals surface area contributed by atoms with Crippen LogP contribution in [0.25, 0.3) is 0 Å². The zero-order valence-electron chi connectivity index (χ0n) is 6.33. The highest BCUT2D eigenvalue weighted by molar-refractivity contribution is 5.65. The van der Waals surface area contributed by atoms with Crippen LogP contribution in [0.3, 0.4) is 0 Å². The molecule has 0 aromatic rings. The first kappa shape index (κ1) is 7.28. The lowest BCUT2D eigenvalue weighted by Crippen LogP contribution is -2.43. The SMILES string of the molecule is CCN(C)C1C=NC=[C]N1. The smallest absolute Gasteiger partial charge is 0.116 e. The van der Waals surface area contributed by atoms with Gasteiger partial charge in [0.15, 0.2) is 0 Å². The molecular weight excluding hydrogens is 126 g/mol. The Bertz CT molecular complexity index is 151. The maximum Gasteiger partial charge on any atom is 0.116 e. The van der Waals surface area contributed by atoms with Gasteiger partial charge in [0.25, 0.3) is 0 Å². The van der Waals surface area contributed by atoms with Gasteiger partial charge < -0.3 is 5.32 Å². The number of hydrogen-bond donors (Lipinski definition) is 1. The highest BCUT2D eigenvalue weighted by Crippen LogP contribution is 1.92. The zero-order valence-corrected chi connectivity index (χ0v) is 6.33. The summed E-state index contributed by atoms with van der Waals surface area (Å²) < 4.78 is 0. The van der Waals surface area contributed by atoms with Gasteiger partial charge in [0.05, 0.1) is 12.4 Å². The van der Waals surface area contributed by atoms with E-state index in [9.17, 15) is 0 Å². The number of aliphatic imine (C=N–C) groups is 1. The number of rotatable bonds is 2. The van der Waals surface area contributed by atoms with E-state index in [1.54, 1.807) is 6.20 Å². The third-order valence-electron chi connectivity index (χ3n) is 1.57. The predicted molar refractivity (Wildman–Crippen MR) is 41.5 cm³/mol. The summed E-state index contributed by atoms with van der Waals surface area (Å²) in [5.41, 5.74) is 0. The standard InChI is InChI=1S/C7H12N3/c1-3-10(2)7-6-8-4-5-9-7/h4,6-7,9H,3H2,1-2H3. The number of hydrogen-bond acceptors (Lipinski definition) is 3. The van der Waals surface area contributed by atoms with E-state index in [0.29, 0.717) is 0 Å². The van der Waals surface area contributed by atoms with Crippen LogP contribution in [-0.2, 0) is 0 Å². The highest BCUT2D eigenvalue weighted by atomic mass is 15.2. The van der Waals surface area contributed by atoms with E-state index in [2.05, 4.69) is 28.3 Å². The summed E-state index contributed by atoms with van der Waals surface area (Å²) in [6.45, 7) is 3.11. The summed E-state index contributed by atoms with van der Waals surface area (Å²) in [6, 6.07) is 0. The summed E-state index contributed by atoms with van der Waals surface area (Å²) in [5.74, 6) is 0. The molecule has 0 amide bonds. The molecule has 1 radical (unpaired) electrons. The molecule has 0 fully saturated rings. The molecule has 10 heavy (non-hydrogen) atoms. The van der Waals surface area contributed by atoms with Crippen molar-refractivity contribution in [2.75, 3.05) is 13.6 Å². The third-order valence-corrected chi connectivity index (χ3v) is 1.57. The molecule has 0 saturated carbocycles. The topological polar surface area (TPSA) is 27.6 Å². The Labute approximate surface area is 61.4 Å². The molecule has 1 atom stereocenters. The van der Waals surface area contributed by atoms with Gasteiger partial charge in [-0.05, 0) is 13.6 Å². The van der Waals surface area contributed by atoms with E-state index in [1.807, 2.05) is 13.3 Å². The van der Waals surface area contributed by atoms with E-state index in [1.165, 1.54) is 0 Å². The fourth-order valence-electron chi connectivity index (χ4n) is 0.742. The maximum atomic E-state index is 3.96. The molecule has 0 spiro atoms. The van der Waals surface area contributed by atoms with Crippen molar-refractivity contribution in [3.8, 4) is 0 Å². The molecule has 1 rings (SSSR count). The van der Waals surface area contributed by atoms with Crippen molar-refractivity contribution in [3.05, 3.63) is 12.4 Å². The third kappa shape index (κ3) is 1.57. The second-order valence-electron chi connectivity index (χ2n) is 2.23. The summed E-state index contributed by atoms with van der Waals surface area (Å²) in [6.07, 6.45) is 6.54. The Morgan fingerprint density at radius 3 is 3.10 bits per heavy atom. The molecule has 0 bridgehead atoms. The van der Waals surface area contributed by atoms with Crippen LogP contribution in [-0.4, -0.2) is 30.9 Å². The van der Waals surface area contributed by atoms with Gasteiger partial charge in [0.2, 0.25) is 0 Å². The predicted octanol–water partition coefficient (Wildman–Crippen LogP) is 0.213. The minimum atomic E-state index is 0.218. The quantitative estimate of drug-likeness (QED) is 0.591. The fraction of sp³-hybridized carbons (Fsp3) is 0.571. The van der Waals surface area contributed by atoms with Crippen molar-refractivity contribution in [1.29, 1.82) is 0 Å². The van der Waals surface area contributed by atoms with Crippen LogP contribution in [0.1, 0.15) is 6.92 Å². The molecule has 0 aromatic carbocycles. The van der Waals surface area contributed by atoms with Crippen molar-refractivity contribution < 1.29 is 0 Å². The van der Waals surface area contributed by atoms with Gasteiger partial charge >= 0.3 is 0 Å². The molecule has 1 unspecified atom stereocenters.